The number of anilines is 1. The third kappa shape index (κ3) is 5.57. The van der Waals surface area contributed by atoms with E-state index >= 15 is 0 Å². The van der Waals surface area contributed by atoms with Gasteiger partial charge in [-0.15, -0.1) is 0 Å². The van der Waals surface area contributed by atoms with E-state index in [9.17, 15) is 13.2 Å². The number of hydrogen-bond acceptors (Lipinski definition) is 5. The first kappa shape index (κ1) is 23.7. The molecule has 178 valence electrons. The number of sulfonamides is 1. The van der Waals surface area contributed by atoms with Gasteiger partial charge in [0.15, 0.2) is 0 Å². The van der Waals surface area contributed by atoms with Crippen LogP contribution in [0.4, 0.5) is 5.69 Å². The maximum absolute atomic E-state index is 12.8. The van der Waals surface area contributed by atoms with Crippen molar-refractivity contribution in [1.29, 1.82) is 0 Å². The van der Waals surface area contributed by atoms with Gasteiger partial charge in [-0.05, 0) is 67.6 Å². The number of ether oxygens (including phenoxy) is 1. The highest BCUT2D eigenvalue weighted by Gasteiger charge is 2.26. The number of nitrogens with one attached hydrogen (secondary N) is 1. The van der Waals surface area contributed by atoms with Crippen LogP contribution in [0.3, 0.4) is 0 Å². The van der Waals surface area contributed by atoms with Gasteiger partial charge in [0.05, 0.1) is 24.2 Å². The van der Waals surface area contributed by atoms with Crippen molar-refractivity contribution in [2.45, 2.75) is 37.6 Å². The summed E-state index contributed by atoms with van der Waals surface area (Å²) in [5.41, 5.74) is 2.69. The van der Waals surface area contributed by atoms with Crippen molar-refractivity contribution >= 4 is 21.6 Å². The Labute approximate surface area is 196 Å². The molecule has 7 nitrogen and oxygen atoms in total. The van der Waals surface area contributed by atoms with E-state index in [-0.39, 0.29) is 16.8 Å². The molecule has 2 heterocycles. The largest absolute Gasteiger partial charge is 0.379 e. The van der Waals surface area contributed by atoms with Crippen LogP contribution in [0.5, 0.6) is 0 Å². The minimum Gasteiger partial charge on any atom is -0.379 e. The molecule has 0 unspecified atom stereocenters. The van der Waals surface area contributed by atoms with Crippen molar-refractivity contribution in [2.24, 2.45) is 5.92 Å². The predicted octanol–water partition coefficient (Wildman–Crippen LogP) is 3.43. The van der Waals surface area contributed by atoms with Gasteiger partial charge in [0.1, 0.15) is 0 Å². The fraction of sp³-hybridized carbons (Fsp3) is 0.480. The molecule has 2 aliphatic heterocycles. The molecule has 0 spiro atoms. The number of rotatable bonds is 6. The molecular formula is C25H33N3O4S. The Hall–Kier alpha value is -2.42. The van der Waals surface area contributed by atoms with Crippen LogP contribution in [-0.4, -0.2) is 58.0 Å². The molecule has 2 aromatic carbocycles. The normalized spacial score (nSPS) is 19.3. The molecule has 2 aromatic rings. The highest BCUT2D eigenvalue weighted by molar-refractivity contribution is 7.89. The van der Waals surface area contributed by atoms with E-state index in [0.717, 1.165) is 24.6 Å². The topological polar surface area (TPSA) is 79.0 Å². The minimum atomic E-state index is -3.57. The lowest BCUT2D eigenvalue weighted by Gasteiger charge is -2.32. The molecule has 2 fully saturated rings. The first-order valence-electron chi connectivity index (χ1n) is 11.7. The van der Waals surface area contributed by atoms with E-state index in [1.165, 1.54) is 35.0 Å². The predicted molar refractivity (Wildman–Crippen MR) is 129 cm³/mol. The number of hydrogen-bond donors (Lipinski definition) is 1. The van der Waals surface area contributed by atoms with Gasteiger partial charge < -0.3 is 15.0 Å². The zero-order chi connectivity index (χ0) is 23.4. The fourth-order valence-electron chi connectivity index (χ4n) is 4.32. The molecule has 0 aliphatic carbocycles. The quantitative estimate of drug-likeness (QED) is 0.698. The van der Waals surface area contributed by atoms with Crippen molar-refractivity contribution < 1.29 is 17.9 Å². The first-order chi connectivity index (χ1) is 15.8. The first-order valence-corrected chi connectivity index (χ1v) is 13.1. The smallest absolute Gasteiger partial charge is 0.251 e. The number of morpholine rings is 1. The lowest BCUT2D eigenvalue weighted by atomic mass is 9.98. The molecule has 4 rings (SSSR count). The summed E-state index contributed by atoms with van der Waals surface area (Å²) in [7, 11) is -3.57. The van der Waals surface area contributed by atoms with Gasteiger partial charge in [0, 0.05) is 37.4 Å². The second-order valence-corrected chi connectivity index (χ2v) is 10.9. The van der Waals surface area contributed by atoms with Crippen LogP contribution in [-0.2, 0) is 14.8 Å². The van der Waals surface area contributed by atoms with Gasteiger partial charge in [0.25, 0.3) is 5.91 Å². The van der Waals surface area contributed by atoms with Gasteiger partial charge in [-0.2, -0.15) is 4.31 Å². The van der Waals surface area contributed by atoms with Crippen molar-refractivity contribution in [2.75, 3.05) is 44.3 Å². The maximum atomic E-state index is 12.8. The Morgan fingerprint density at radius 2 is 1.58 bits per heavy atom. The summed E-state index contributed by atoms with van der Waals surface area (Å²) in [6.07, 6.45) is 2.45. The van der Waals surface area contributed by atoms with Crippen molar-refractivity contribution in [3.8, 4) is 0 Å². The van der Waals surface area contributed by atoms with Crippen LogP contribution in [0.15, 0.2) is 53.4 Å². The SMILES string of the molecule is CC1CCN(c2ccc([C@H](C)NC(=O)c3ccc(S(=O)(=O)N4CCOCC4)cc3)cc2)CC1. The molecule has 0 radical (unpaired) electrons. The summed E-state index contributed by atoms with van der Waals surface area (Å²) in [4.78, 5) is 15.3. The molecule has 33 heavy (non-hydrogen) atoms. The van der Waals surface area contributed by atoms with Crippen molar-refractivity contribution in [3.05, 3.63) is 59.7 Å². The second kappa shape index (κ2) is 10.2. The average Bonchev–Trinajstić information content (AvgIpc) is 2.85. The fourth-order valence-corrected chi connectivity index (χ4v) is 5.73. The monoisotopic (exact) mass is 471 g/mol. The summed E-state index contributed by atoms with van der Waals surface area (Å²) in [5, 5.41) is 3.01. The number of piperidine rings is 1. The highest BCUT2D eigenvalue weighted by Crippen LogP contribution is 2.25. The van der Waals surface area contributed by atoms with Crippen LogP contribution in [0, 0.1) is 5.92 Å². The lowest BCUT2D eigenvalue weighted by molar-refractivity contribution is 0.0730. The van der Waals surface area contributed by atoms with Crippen molar-refractivity contribution in [3.63, 3.8) is 0 Å². The Balaban J connectivity index is 1.36. The van der Waals surface area contributed by atoms with Crippen LogP contribution >= 0.6 is 0 Å². The average molecular weight is 472 g/mol. The van der Waals surface area contributed by atoms with Gasteiger partial charge >= 0.3 is 0 Å². The molecule has 2 aliphatic rings. The standard InChI is InChI=1S/C25H33N3O4S/c1-19-11-13-27(14-12-19)23-7-3-21(4-8-23)20(2)26-25(29)22-5-9-24(10-6-22)33(30,31)28-15-17-32-18-16-28/h3-10,19-20H,11-18H2,1-2H3,(H,26,29)/t20-/m0/s1. The number of amides is 1. The number of benzene rings is 2. The zero-order valence-corrected chi connectivity index (χ0v) is 20.2. The summed E-state index contributed by atoms with van der Waals surface area (Å²) >= 11 is 0. The third-order valence-electron chi connectivity index (χ3n) is 6.61. The number of carbonyl (C=O) groups is 1. The molecule has 0 bridgehead atoms. The summed E-state index contributed by atoms with van der Waals surface area (Å²) in [6.45, 7) is 7.92. The van der Waals surface area contributed by atoms with Gasteiger partial charge in [-0.1, -0.05) is 19.1 Å². The Morgan fingerprint density at radius 1 is 0.970 bits per heavy atom. The molecule has 1 amide bonds. The van der Waals surface area contributed by atoms with Crippen LogP contribution < -0.4 is 10.2 Å². The van der Waals surface area contributed by atoms with E-state index in [4.69, 9.17) is 4.74 Å². The third-order valence-corrected chi connectivity index (χ3v) is 8.53. The van der Waals surface area contributed by atoms with E-state index in [1.807, 2.05) is 6.92 Å². The van der Waals surface area contributed by atoms with Gasteiger partial charge in [-0.25, -0.2) is 8.42 Å². The summed E-state index contributed by atoms with van der Waals surface area (Å²) in [6, 6.07) is 14.3. The maximum Gasteiger partial charge on any atom is 0.251 e. The molecule has 1 N–H and O–H groups in total. The molecule has 0 aromatic heterocycles. The number of carbonyl (C=O) groups excluding carboxylic acids is 1. The van der Waals surface area contributed by atoms with E-state index < -0.39 is 10.0 Å². The van der Waals surface area contributed by atoms with E-state index in [2.05, 4.69) is 41.4 Å². The number of nitrogens with zero attached hydrogens (tertiary/aromatic N) is 2. The molecule has 0 saturated carbocycles. The molecule has 1 atom stereocenters. The lowest BCUT2D eigenvalue weighted by Crippen LogP contribution is -2.40. The minimum absolute atomic E-state index is 0.162. The molecule has 8 heteroatoms. The Kier molecular flexibility index (Phi) is 7.36. The summed E-state index contributed by atoms with van der Waals surface area (Å²) in [5.74, 6) is 0.566. The van der Waals surface area contributed by atoms with E-state index in [1.54, 1.807) is 12.1 Å². The zero-order valence-electron chi connectivity index (χ0n) is 19.4. The molecular weight excluding hydrogens is 438 g/mol. The summed E-state index contributed by atoms with van der Waals surface area (Å²) < 4.78 is 32.2. The molecule has 2 saturated heterocycles. The van der Waals surface area contributed by atoms with Crippen LogP contribution in [0.2, 0.25) is 0 Å². The van der Waals surface area contributed by atoms with Crippen LogP contribution in [0.25, 0.3) is 0 Å². The van der Waals surface area contributed by atoms with E-state index in [0.29, 0.717) is 31.9 Å². The highest BCUT2D eigenvalue weighted by atomic mass is 32.2. The second-order valence-electron chi connectivity index (χ2n) is 9.00. The van der Waals surface area contributed by atoms with Gasteiger partial charge in [0.2, 0.25) is 10.0 Å². The Morgan fingerprint density at radius 3 is 2.18 bits per heavy atom. The van der Waals surface area contributed by atoms with Gasteiger partial charge in [-0.3, -0.25) is 4.79 Å². The van der Waals surface area contributed by atoms with Crippen molar-refractivity contribution in [1.82, 2.24) is 9.62 Å². The Bertz CT molecular complexity index is 1040. The van der Waals surface area contributed by atoms with Crippen LogP contribution in [0.1, 0.15) is 48.7 Å².